The highest BCUT2D eigenvalue weighted by atomic mass is 32.2. The number of ether oxygens (including phenoxy) is 1. The van der Waals surface area contributed by atoms with Crippen molar-refractivity contribution in [3.63, 3.8) is 0 Å². The Hall–Kier alpha value is -3.04. The first kappa shape index (κ1) is 31.5. The standard InChI is InChI=1S/C25H18F11NO2S/c26-22(27,24(31,32)33)16-6-1-4-14(10-16)21(37-13-20(38)23(28,29)30)15-5-2-7-17(11-15)39-18-8-3-9-19(12-18)40-25(34,35)36/h1-12,20-21,37-38H,13H2. The van der Waals surface area contributed by atoms with Crippen LogP contribution in [0.5, 0.6) is 11.5 Å². The Labute approximate surface area is 224 Å². The molecule has 0 saturated carbocycles. The number of nitrogens with one attached hydrogen (secondary N) is 1. The van der Waals surface area contributed by atoms with E-state index in [9.17, 15) is 53.4 Å². The molecule has 3 rings (SSSR count). The number of hydrogen-bond acceptors (Lipinski definition) is 4. The van der Waals surface area contributed by atoms with Crippen molar-refractivity contribution < 1.29 is 58.1 Å². The highest BCUT2D eigenvalue weighted by Gasteiger charge is 2.58. The van der Waals surface area contributed by atoms with E-state index in [0.717, 1.165) is 18.2 Å². The predicted octanol–water partition coefficient (Wildman–Crippen LogP) is 8.35. The minimum absolute atomic E-state index is 0.0279. The second-order valence-electron chi connectivity index (χ2n) is 8.29. The monoisotopic (exact) mass is 605 g/mol. The van der Waals surface area contributed by atoms with Gasteiger partial charge in [-0.05, 0) is 59.3 Å². The molecular formula is C25H18F11NO2S. The number of thioether (sulfide) groups is 1. The molecule has 0 heterocycles. The molecule has 0 spiro atoms. The van der Waals surface area contributed by atoms with Crippen LogP contribution in [0.4, 0.5) is 48.3 Å². The van der Waals surface area contributed by atoms with Gasteiger partial charge >= 0.3 is 23.8 Å². The van der Waals surface area contributed by atoms with Crippen molar-refractivity contribution >= 4 is 11.8 Å². The maximum atomic E-state index is 14.0. The molecule has 0 amide bonds. The molecule has 0 saturated heterocycles. The fourth-order valence-corrected chi connectivity index (χ4v) is 4.07. The molecule has 3 nitrogen and oxygen atoms in total. The van der Waals surface area contributed by atoms with Crippen molar-refractivity contribution in [2.45, 2.75) is 40.8 Å². The molecule has 0 radical (unpaired) electrons. The summed E-state index contributed by atoms with van der Waals surface area (Å²) >= 11 is -0.400. The van der Waals surface area contributed by atoms with E-state index in [-0.39, 0.29) is 27.5 Å². The summed E-state index contributed by atoms with van der Waals surface area (Å²) in [5, 5.41) is 11.7. The lowest BCUT2D eigenvalue weighted by Crippen LogP contribution is -2.40. The van der Waals surface area contributed by atoms with Crippen molar-refractivity contribution in [3.8, 4) is 11.5 Å². The van der Waals surface area contributed by atoms with Crippen LogP contribution < -0.4 is 10.1 Å². The number of aliphatic hydroxyl groups is 1. The smallest absolute Gasteiger partial charge is 0.457 e. The van der Waals surface area contributed by atoms with Crippen molar-refractivity contribution in [1.82, 2.24) is 5.32 Å². The normalized spacial score (nSPS) is 14.6. The van der Waals surface area contributed by atoms with Crippen LogP contribution in [0, 0.1) is 0 Å². The van der Waals surface area contributed by atoms with E-state index < -0.39 is 59.8 Å². The summed E-state index contributed by atoms with van der Waals surface area (Å²) < 4.78 is 149. The third kappa shape index (κ3) is 8.24. The zero-order valence-corrected chi connectivity index (χ0v) is 20.5. The van der Waals surface area contributed by atoms with Crippen LogP contribution >= 0.6 is 11.8 Å². The third-order valence-corrected chi connectivity index (χ3v) is 6.02. The molecular weight excluding hydrogens is 587 g/mol. The maximum Gasteiger partial charge on any atom is 0.458 e. The van der Waals surface area contributed by atoms with E-state index in [0.29, 0.717) is 12.1 Å². The summed E-state index contributed by atoms with van der Waals surface area (Å²) in [4.78, 5) is -0.204. The van der Waals surface area contributed by atoms with Gasteiger partial charge in [-0.2, -0.15) is 48.3 Å². The van der Waals surface area contributed by atoms with Gasteiger partial charge in [0.1, 0.15) is 11.5 Å². The van der Waals surface area contributed by atoms with Gasteiger partial charge in [-0.15, -0.1) is 0 Å². The van der Waals surface area contributed by atoms with Gasteiger partial charge in [-0.25, -0.2) is 0 Å². The molecule has 3 aromatic rings. The van der Waals surface area contributed by atoms with Gasteiger partial charge in [0, 0.05) is 17.0 Å². The van der Waals surface area contributed by atoms with E-state index in [1.54, 1.807) is 0 Å². The van der Waals surface area contributed by atoms with Crippen LogP contribution in [0.25, 0.3) is 0 Å². The minimum atomic E-state index is -5.95. The molecule has 2 unspecified atom stereocenters. The van der Waals surface area contributed by atoms with Crippen LogP contribution in [0.2, 0.25) is 0 Å². The van der Waals surface area contributed by atoms with Crippen LogP contribution in [0.15, 0.2) is 77.7 Å². The van der Waals surface area contributed by atoms with Gasteiger partial charge in [-0.3, -0.25) is 0 Å². The number of rotatable bonds is 9. The van der Waals surface area contributed by atoms with E-state index >= 15 is 0 Å². The number of hydrogen-bond donors (Lipinski definition) is 2. The molecule has 0 fully saturated rings. The molecule has 2 atom stereocenters. The predicted molar refractivity (Wildman–Crippen MR) is 123 cm³/mol. The lowest BCUT2D eigenvalue weighted by atomic mass is 9.95. The molecule has 0 aliphatic carbocycles. The topological polar surface area (TPSA) is 41.5 Å². The van der Waals surface area contributed by atoms with Gasteiger partial charge in [0.05, 0.1) is 6.04 Å². The fourth-order valence-electron chi connectivity index (χ4n) is 3.48. The highest BCUT2D eigenvalue weighted by Crippen LogP contribution is 2.44. The van der Waals surface area contributed by atoms with Gasteiger partial charge in [0.25, 0.3) is 0 Å². The molecule has 15 heteroatoms. The molecule has 0 aliphatic heterocycles. The largest absolute Gasteiger partial charge is 0.458 e. The summed E-state index contributed by atoms with van der Waals surface area (Å²) in [5.74, 6) is -5.36. The Morgan fingerprint density at radius 3 is 1.85 bits per heavy atom. The summed E-state index contributed by atoms with van der Waals surface area (Å²) in [6.45, 7) is -1.16. The maximum absolute atomic E-state index is 14.0. The lowest BCUT2D eigenvalue weighted by Gasteiger charge is -2.25. The van der Waals surface area contributed by atoms with Crippen LogP contribution in [0.3, 0.4) is 0 Å². The minimum Gasteiger partial charge on any atom is -0.457 e. The SMILES string of the molecule is OC(CNC(c1cccc(Oc2cccc(SC(F)(F)F)c2)c1)c1cccc(C(F)(F)C(F)(F)F)c1)C(F)(F)F. The summed E-state index contributed by atoms with van der Waals surface area (Å²) in [6.07, 6.45) is -13.9. The second-order valence-corrected chi connectivity index (χ2v) is 9.43. The molecule has 0 aromatic heterocycles. The molecule has 0 aliphatic rings. The molecule has 3 aromatic carbocycles. The number of aliphatic hydroxyl groups excluding tert-OH is 1. The highest BCUT2D eigenvalue weighted by molar-refractivity contribution is 8.00. The van der Waals surface area contributed by atoms with Gasteiger partial charge < -0.3 is 15.2 Å². The third-order valence-electron chi connectivity index (χ3n) is 5.30. The summed E-state index contributed by atoms with van der Waals surface area (Å²) in [5.41, 5.74) is -6.31. The van der Waals surface area contributed by atoms with Crippen LogP contribution in [0.1, 0.15) is 22.7 Å². The average Bonchev–Trinajstić information content (AvgIpc) is 2.82. The van der Waals surface area contributed by atoms with Crippen molar-refractivity contribution in [2.24, 2.45) is 0 Å². The van der Waals surface area contributed by atoms with E-state index in [1.807, 2.05) is 0 Å². The van der Waals surface area contributed by atoms with E-state index in [4.69, 9.17) is 4.74 Å². The van der Waals surface area contributed by atoms with Crippen LogP contribution in [-0.2, 0) is 5.92 Å². The Morgan fingerprint density at radius 1 is 0.725 bits per heavy atom. The average molecular weight is 605 g/mol. The van der Waals surface area contributed by atoms with Crippen molar-refractivity contribution in [2.75, 3.05) is 6.54 Å². The summed E-state index contributed by atoms with van der Waals surface area (Å²) in [7, 11) is 0. The second kappa shape index (κ2) is 11.8. The van der Waals surface area contributed by atoms with Gasteiger partial charge in [0.2, 0.25) is 0 Å². The number of benzene rings is 3. The molecule has 40 heavy (non-hydrogen) atoms. The van der Waals surface area contributed by atoms with Gasteiger partial charge in [0.15, 0.2) is 6.10 Å². The first-order valence-electron chi connectivity index (χ1n) is 11.0. The summed E-state index contributed by atoms with van der Waals surface area (Å²) in [6, 6.07) is 11.5. The van der Waals surface area contributed by atoms with Crippen molar-refractivity contribution in [1.29, 1.82) is 0 Å². The van der Waals surface area contributed by atoms with E-state index in [1.165, 1.54) is 42.5 Å². The first-order chi connectivity index (χ1) is 18.4. The Balaban J connectivity index is 1.98. The number of halogens is 11. The van der Waals surface area contributed by atoms with Crippen LogP contribution in [-0.4, -0.2) is 35.6 Å². The Bertz CT molecular complexity index is 1290. The fraction of sp³-hybridized carbons (Fsp3) is 0.280. The Morgan fingerprint density at radius 2 is 1.27 bits per heavy atom. The molecule has 0 bridgehead atoms. The van der Waals surface area contributed by atoms with Gasteiger partial charge in [-0.1, -0.05) is 36.4 Å². The molecule has 2 N–H and O–H groups in total. The quantitative estimate of drug-likeness (QED) is 0.190. The van der Waals surface area contributed by atoms with E-state index in [2.05, 4.69) is 5.32 Å². The number of alkyl halides is 11. The Kier molecular flexibility index (Phi) is 9.31. The lowest BCUT2D eigenvalue weighted by molar-refractivity contribution is -0.289. The zero-order chi connectivity index (χ0) is 29.9. The zero-order valence-electron chi connectivity index (χ0n) is 19.7. The first-order valence-corrected chi connectivity index (χ1v) is 11.9. The molecule has 218 valence electrons. The van der Waals surface area contributed by atoms with Crippen molar-refractivity contribution in [3.05, 3.63) is 89.5 Å².